The second-order valence-electron chi connectivity index (χ2n) is 6.63. The predicted octanol–water partition coefficient (Wildman–Crippen LogP) is 1.97. The van der Waals surface area contributed by atoms with Crippen molar-refractivity contribution >= 4 is 12.3 Å². The van der Waals surface area contributed by atoms with Gasteiger partial charge in [0.2, 0.25) is 0 Å². The molecule has 2 aliphatic heterocycles. The first-order valence-corrected chi connectivity index (χ1v) is 8.16. The Hall–Kier alpha value is -2.39. The minimum absolute atomic E-state index is 0.0514. The molecule has 1 aromatic rings. The average Bonchev–Trinajstić information content (AvgIpc) is 2.56. The van der Waals surface area contributed by atoms with Crippen LogP contribution in [0.25, 0.3) is 0 Å². The second-order valence-corrected chi connectivity index (χ2v) is 6.63. The minimum Gasteiger partial charge on any atom is -0.504 e. The van der Waals surface area contributed by atoms with Crippen LogP contribution in [-0.4, -0.2) is 35.4 Å². The number of hydrogen-bond donors (Lipinski definition) is 1. The number of nitrogens with zero attached hydrogens (tertiary/aromatic N) is 2. The number of ether oxygens (including phenoxy) is 1. The normalized spacial score (nSPS) is 24.4. The van der Waals surface area contributed by atoms with Gasteiger partial charge in [-0.3, -0.25) is 14.5 Å². The zero-order valence-electron chi connectivity index (χ0n) is 13.6. The maximum Gasteiger partial charge on any atom is 0.298 e. The highest BCUT2D eigenvalue weighted by atomic mass is 16.5. The summed E-state index contributed by atoms with van der Waals surface area (Å²) in [6.07, 6.45) is 1.76. The van der Waals surface area contributed by atoms with Crippen LogP contribution in [0.5, 0.6) is 11.5 Å². The van der Waals surface area contributed by atoms with Gasteiger partial charge in [-0.05, 0) is 43.0 Å². The van der Waals surface area contributed by atoms with Crippen LogP contribution in [0, 0.1) is 23.2 Å². The Labute approximate surface area is 140 Å². The summed E-state index contributed by atoms with van der Waals surface area (Å²) < 4.78 is 4.83. The van der Waals surface area contributed by atoms with E-state index in [4.69, 9.17) is 10.00 Å². The maximum absolute atomic E-state index is 12.5. The zero-order chi connectivity index (χ0) is 17.3. The molecule has 2 aliphatic rings. The van der Waals surface area contributed by atoms with Crippen LogP contribution in [-0.2, 0) is 16.0 Å². The number of phenolic OH excluding ortho intramolecular Hbond substituents is 1. The number of rotatable bonds is 4. The van der Waals surface area contributed by atoms with Crippen LogP contribution in [0.2, 0.25) is 0 Å². The Morgan fingerprint density at radius 1 is 1.54 bits per heavy atom. The summed E-state index contributed by atoms with van der Waals surface area (Å²) in [5, 5.41) is 18.9. The first-order valence-electron chi connectivity index (χ1n) is 8.16. The van der Waals surface area contributed by atoms with Crippen LogP contribution < -0.4 is 4.74 Å². The Morgan fingerprint density at radius 2 is 2.33 bits per heavy atom. The van der Waals surface area contributed by atoms with Crippen molar-refractivity contribution in [1.29, 1.82) is 5.26 Å². The van der Waals surface area contributed by atoms with Crippen molar-refractivity contribution in [3.63, 3.8) is 0 Å². The van der Waals surface area contributed by atoms with Crippen molar-refractivity contribution in [2.45, 2.75) is 32.2 Å². The van der Waals surface area contributed by atoms with Gasteiger partial charge >= 0.3 is 0 Å². The van der Waals surface area contributed by atoms with E-state index in [1.165, 1.54) is 0 Å². The molecular formula is C18H20N2O4. The van der Waals surface area contributed by atoms with E-state index in [9.17, 15) is 14.7 Å². The number of fused-ring (bicyclic) bond motifs is 3. The summed E-state index contributed by atoms with van der Waals surface area (Å²) in [7, 11) is 0. The van der Waals surface area contributed by atoms with Crippen molar-refractivity contribution in [1.82, 2.24) is 4.90 Å². The lowest BCUT2D eigenvalue weighted by Crippen LogP contribution is -2.46. The van der Waals surface area contributed by atoms with E-state index < -0.39 is 0 Å². The van der Waals surface area contributed by atoms with Gasteiger partial charge in [0.15, 0.2) is 11.5 Å². The lowest BCUT2D eigenvalue weighted by Gasteiger charge is -2.43. The first-order chi connectivity index (χ1) is 11.5. The van der Waals surface area contributed by atoms with Crippen molar-refractivity contribution in [2.24, 2.45) is 11.8 Å². The molecule has 24 heavy (non-hydrogen) atoms. The molecule has 1 saturated heterocycles. The standard InChI is InChI=1S/C18H20N2O4/c1-11(8-19)4-13-9-20-3-2-12-5-17(23)18(24-10-21)6-14(12)15(20)7-16(13)22/h5-6,10-11,13,15,23H,2-4,7,9H2,1H3. The van der Waals surface area contributed by atoms with Crippen LogP contribution >= 0.6 is 0 Å². The van der Waals surface area contributed by atoms with E-state index in [1.54, 1.807) is 12.1 Å². The van der Waals surface area contributed by atoms with Crippen molar-refractivity contribution in [3.8, 4) is 17.6 Å². The largest absolute Gasteiger partial charge is 0.504 e. The smallest absolute Gasteiger partial charge is 0.298 e. The molecule has 6 heteroatoms. The predicted molar refractivity (Wildman–Crippen MR) is 85.3 cm³/mol. The summed E-state index contributed by atoms with van der Waals surface area (Å²) in [4.78, 5) is 25.4. The highest BCUT2D eigenvalue weighted by Gasteiger charge is 2.38. The van der Waals surface area contributed by atoms with Gasteiger partial charge in [-0.1, -0.05) is 0 Å². The minimum atomic E-state index is -0.128. The summed E-state index contributed by atoms with van der Waals surface area (Å²) in [6.45, 7) is 3.60. The van der Waals surface area contributed by atoms with E-state index in [2.05, 4.69) is 11.0 Å². The first kappa shape index (κ1) is 16.5. The molecule has 0 spiro atoms. The molecule has 2 heterocycles. The summed E-state index contributed by atoms with van der Waals surface area (Å²) in [5.41, 5.74) is 1.93. The van der Waals surface area contributed by atoms with Gasteiger partial charge in [-0.15, -0.1) is 0 Å². The molecule has 3 rings (SSSR count). The third-order valence-corrected chi connectivity index (χ3v) is 5.03. The molecule has 3 atom stereocenters. The van der Waals surface area contributed by atoms with Gasteiger partial charge in [0, 0.05) is 37.4 Å². The number of benzene rings is 1. The van der Waals surface area contributed by atoms with Gasteiger partial charge in [-0.2, -0.15) is 5.26 Å². The van der Waals surface area contributed by atoms with Gasteiger partial charge in [0.25, 0.3) is 6.47 Å². The molecular weight excluding hydrogens is 308 g/mol. The lowest BCUT2D eigenvalue weighted by atomic mass is 9.80. The van der Waals surface area contributed by atoms with E-state index >= 15 is 0 Å². The average molecular weight is 328 g/mol. The Balaban J connectivity index is 1.86. The third kappa shape index (κ3) is 3.00. The van der Waals surface area contributed by atoms with Crippen LogP contribution in [0.15, 0.2) is 12.1 Å². The van der Waals surface area contributed by atoms with Crippen molar-refractivity contribution in [3.05, 3.63) is 23.3 Å². The number of ketones is 1. The number of hydrogen-bond acceptors (Lipinski definition) is 6. The fourth-order valence-corrected chi connectivity index (χ4v) is 3.80. The number of carbonyl (C=O) groups excluding carboxylic acids is 2. The Bertz CT molecular complexity index is 710. The summed E-state index contributed by atoms with van der Waals surface area (Å²) in [5.74, 6) is 0.0185. The van der Waals surface area contributed by atoms with Gasteiger partial charge in [-0.25, -0.2) is 0 Å². The number of Topliss-reactive ketones (excluding diaryl/α,β-unsaturated/α-hetero) is 1. The zero-order valence-corrected chi connectivity index (χ0v) is 13.6. The van der Waals surface area contributed by atoms with Gasteiger partial charge in [0.05, 0.1) is 6.07 Å². The molecule has 3 unspecified atom stereocenters. The molecule has 0 amide bonds. The van der Waals surface area contributed by atoms with Crippen molar-refractivity contribution in [2.75, 3.05) is 13.1 Å². The van der Waals surface area contributed by atoms with E-state index in [1.807, 2.05) is 6.92 Å². The number of phenols is 1. The fourth-order valence-electron chi connectivity index (χ4n) is 3.80. The van der Waals surface area contributed by atoms with E-state index in [0.29, 0.717) is 19.4 Å². The monoisotopic (exact) mass is 328 g/mol. The number of carbonyl (C=O) groups is 2. The fraction of sp³-hybridized carbons (Fsp3) is 0.500. The molecule has 0 saturated carbocycles. The SMILES string of the molecule is CC(C#N)CC1CN2CCc3cc(O)c(OC=O)cc3C2CC1=O. The Kier molecular flexibility index (Phi) is 4.54. The quantitative estimate of drug-likeness (QED) is 0.850. The highest BCUT2D eigenvalue weighted by Crippen LogP contribution is 2.42. The maximum atomic E-state index is 12.5. The molecule has 1 N–H and O–H groups in total. The van der Waals surface area contributed by atoms with E-state index in [-0.39, 0.29) is 41.6 Å². The molecule has 0 radical (unpaired) electrons. The van der Waals surface area contributed by atoms with E-state index in [0.717, 1.165) is 24.1 Å². The lowest BCUT2D eigenvalue weighted by molar-refractivity contribution is -0.129. The Morgan fingerprint density at radius 3 is 3.04 bits per heavy atom. The van der Waals surface area contributed by atoms with Gasteiger partial charge < -0.3 is 9.84 Å². The highest BCUT2D eigenvalue weighted by molar-refractivity contribution is 5.83. The molecule has 1 fully saturated rings. The second kappa shape index (κ2) is 6.62. The number of aromatic hydroxyl groups is 1. The topological polar surface area (TPSA) is 90.6 Å². The molecule has 126 valence electrons. The number of piperidine rings is 1. The van der Waals surface area contributed by atoms with Crippen molar-refractivity contribution < 1.29 is 19.4 Å². The number of nitriles is 1. The summed E-state index contributed by atoms with van der Waals surface area (Å²) in [6, 6.07) is 5.44. The molecule has 6 nitrogen and oxygen atoms in total. The van der Waals surface area contributed by atoms with Crippen LogP contribution in [0.3, 0.4) is 0 Å². The van der Waals surface area contributed by atoms with Crippen LogP contribution in [0.1, 0.15) is 36.9 Å². The molecule has 1 aromatic carbocycles. The molecule has 0 bridgehead atoms. The third-order valence-electron chi connectivity index (χ3n) is 5.03. The summed E-state index contributed by atoms with van der Waals surface area (Å²) >= 11 is 0. The van der Waals surface area contributed by atoms with Gasteiger partial charge in [0.1, 0.15) is 5.78 Å². The van der Waals surface area contributed by atoms with Crippen LogP contribution in [0.4, 0.5) is 0 Å². The molecule has 0 aliphatic carbocycles. The molecule has 0 aromatic heterocycles.